The SMILES string of the molecule is COCC1(CN2CC(C)C(N(C)C)C2)CCNCC1. The monoisotopic (exact) mass is 269 g/mol. The molecule has 2 fully saturated rings. The zero-order valence-corrected chi connectivity index (χ0v) is 13.1. The Morgan fingerprint density at radius 3 is 2.47 bits per heavy atom. The van der Waals surface area contributed by atoms with Crippen LogP contribution in [0, 0.1) is 11.3 Å². The Bertz CT molecular complexity index is 271. The highest BCUT2D eigenvalue weighted by molar-refractivity contribution is 4.93. The van der Waals surface area contributed by atoms with E-state index in [1.165, 1.54) is 32.5 Å². The number of nitrogens with zero attached hydrogens (tertiary/aromatic N) is 2. The van der Waals surface area contributed by atoms with Crippen molar-refractivity contribution in [3.8, 4) is 0 Å². The minimum atomic E-state index is 0.376. The molecular weight excluding hydrogens is 238 g/mol. The molecule has 2 saturated heterocycles. The van der Waals surface area contributed by atoms with Crippen molar-refractivity contribution in [1.29, 1.82) is 0 Å². The first-order chi connectivity index (χ1) is 9.06. The van der Waals surface area contributed by atoms with Crippen LogP contribution < -0.4 is 5.32 Å². The number of ether oxygens (including phenoxy) is 1. The molecule has 112 valence electrons. The van der Waals surface area contributed by atoms with E-state index in [1.54, 1.807) is 0 Å². The Morgan fingerprint density at radius 1 is 1.26 bits per heavy atom. The van der Waals surface area contributed by atoms with E-state index in [0.29, 0.717) is 11.5 Å². The van der Waals surface area contributed by atoms with Crippen LogP contribution in [0.2, 0.25) is 0 Å². The number of hydrogen-bond donors (Lipinski definition) is 1. The molecule has 0 aromatic rings. The lowest BCUT2D eigenvalue weighted by Crippen LogP contribution is -2.47. The van der Waals surface area contributed by atoms with Crippen molar-refractivity contribution < 1.29 is 4.74 Å². The van der Waals surface area contributed by atoms with Gasteiger partial charge in [0.1, 0.15) is 0 Å². The first-order valence-corrected chi connectivity index (χ1v) is 7.65. The molecule has 19 heavy (non-hydrogen) atoms. The third-order valence-electron chi connectivity index (χ3n) is 4.99. The van der Waals surface area contributed by atoms with Crippen LogP contribution in [-0.4, -0.2) is 76.4 Å². The summed E-state index contributed by atoms with van der Waals surface area (Å²) in [4.78, 5) is 5.05. The molecule has 0 spiro atoms. The van der Waals surface area contributed by atoms with Crippen LogP contribution in [-0.2, 0) is 4.74 Å². The number of methoxy groups -OCH3 is 1. The van der Waals surface area contributed by atoms with Crippen LogP contribution in [0.15, 0.2) is 0 Å². The van der Waals surface area contributed by atoms with Gasteiger partial charge in [-0.05, 0) is 45.9 Å². The van der Waals surface area contributed by atoms with E-state index < -0.39 is 0 Å². The van der Waals surface area contributed by atoms with Crippen molar-refractivity contribution in [2.24, 2.45) is 11.3 Å². The highest BCUT2D eigenvalue weighted by Gasteiger charge is 2.38. The maximum absolute atomic E-state index is 5.53. The van der Waals surface area contributed by atoms with E-state index in [4.69, 9.17) is 4.74 Å². The summed E-state index contributed by atoms with van der Waals surface area (Å²) in [6.07, 6.45) is 2.50. The molecule has 0 aromatic heterocycles. The summed E-state index contributed by atoms with van der Waals surface area (Å²) in [7, 11) is 6.26. The number of nitrogens with one attached hydrogen (secondary N) is 1. The van der Waals surface area contributed by atoms with Gasteiger partial charge in [-0.2, -0.15) is 0 Å². The molecule has 2 rings (SSSR count). The van der Waals surface area contributed by atoms with Gasteiger partial charge in [0.2, 0.25) is 0 Å². The highest BCUT2D eigenvalue weighted by atomic mass is 16.5. The second-order valence-corrected chi connectivity index (χ2v) is 6.89. The van der Waals surface area contributed by atoms with Crippen LogP contribution in [0.25, 0.3) is 0 Å². The lowest BCUT2D eigenvalue weighted by Gasteiger charge is -2.40. The largest absolute Gasteiger partial charge is 0.384 e. The van der Waals surface area contributed by atoms with E-state index in [-0.39, 0.29) is 0 Å². The summed E-state index contributed by atoms with van der Waals surface area (Å²) in [6.45, 7) is 9.24. The molecule has 0 aromatic carbocycles. The zero-order chi connectivity index (χ0) is 13.9. The number of likely N-dealkylation sites (tertiary alicyclic amines) is 1. The molecule has 2 aliphatic heterocycles. The third kappa shape index (κ3) is 3.69. The molecule has 0 saturated carbocycles. The van der Waals surface area contributed by atoms with Gasteiger partial charge in [0.15, 0.2) is 0 Å². The van der Waals surface area contributed by atoms with Gasteiger partial charge >= 0.3 is 0 Å². The first-order valence-electron chi connectivity index (χ1n) is 7.65. The van der Waals surface area contributed by atoms with Crippen molar-refractivity contribution in [3.63, 3.8) is 0 Å². The maximum atomic E-state index is 5.53. The Balaban J connectivity index is 1.95. The number of likely N-dealkylation sites (N-methyl/N-ethyl adjacent to an activating group) is 1. The zero-order valence-electron chi connectivity index (χ0n) is 13.1. The summed E-state index contributed by atoms with van der Waals surface area (Å²) in [5.41, 5.74) is 0.376. The number of piperidine rings is 1. The minimum absolute atomic E-state index is 0.376. The van der Waals surface area contributed by atoms with Crippen LogP contribution in [0.4, 0.5) is 0 Å². The second-order valence-electron chi connectivity index (χ2n) is 6.89. The van der Waals surface area contributed by atoms with Gasteiger partial charge in [-0.15, -0.1) is 0 Å². The standard InChI is InChI=1S/C15H31N3O/c1-13-9-18(10-14(13)17(2)3)11-15(12-19-4)5-7-16-8-6-15/h13-14,16H,5-12H2,1-4H3. The Morgan fingerprint density at radius 2 is 1.95 bits per heavy atom. The van der Waals surface area contributed by atoms with Crippen LogP contribution in [0.1, 0.15) is 19.8 Å². The van der Waals surface area contributed by atoms with Gasteiger partial charge < -0.3 is 19.9 Å². The number of hydrogen-bond acceptors (Lipinski definition) is 4. The fourth-order valence-electron chi connectivity index (χ4n) is 3.94. The maximum Gasteiger partial charge on any atom is 0.0531 e. The molecule has 2 aliphatic rings. The topological polar surface area (TPSA) is 27.7 Å². The Kier molecular flexibility index (Phi) is 5.23. The molecule has 0 bridgehead atoms. The molecule has 2 unspecified atom stereocenters. The Hall–Kier alpha value is -0.160. The molecule has 1 N–H and O–H groups in total. The van der Waals surface area contributed by atoms with Gasteiger partial charge in [-0.1, -0.05) is 6.92 Å². The first kappa shape index (κ1) is 15.2. The molecule has 2 atom stereocenters. The van der Waals surface area contributed by atoms with Crippen LogP contribution >= 0.6 is 0 Å². The molecule has 2 heterocycles. The Labute approximate surface area is 118 Å². The average Bonchev–Trinajstić information content (AvgIpc) is 2.71. The lowest BCUT2D eigenvalue weighted by molar-refractivity contribution is 0.0264. The van der Waals surface area contributed by atoms with Crippen LogP contribution in [0.3, 0.4) is 0 Å². The van der Waals surface area contributed by atoms with Crippen molar-refractivity contribution >= 4 is 0 Å². The van der Waals surface area contributed by atoms with Crippen molar-refractivity contribution in [2.45, 2.75) is 25.8 Å². The van der Waals surface area contributed by atoms with Crippen molar-refractivity contribution in [3.05, 3.63) is 0 Å². The predicted octanol–water partition coefficient (Wildman–Crippen LogP) is 0.885. The number of rotatable bonds is 5. The van der Waals surface area contributed by atoms with Crippen molar-refractivity contribution in [2.75, 3.05) is 60.5 Å². The van der Waals surface area contributed by atoms with E-state index in [0.717, 1.165) is 25.6 Å². The third-order valence-corrected chi connectivity index (χ3v) is 4.99. The normalized spacial score (nSPS) is 32.1. The van der Waals surface area contributed by atoms with Crippen molar-refractivity contribution in [1.82, 2.24) is 15.1 Å². The molecule has 4 heteroatoms. The molecular formula is C15H31N3O. The smallest absolute Gasteiger partial charge is 0.0531 e. The quantitative estimate of drug-likeness (QED) is 0.802. The molecule has 0 amide bonds. The van der Waals surface area contributed by atoms with E-state index >= 15 is 0 Å². The van der Waals surface area contributed by atoms with Gasteiger partial charge in [0, 0.05) is 38.2 Å². The van der Waals surface area contributed by atoms with Gasteiger partial charge in [-0.25, -0.2) is 0 Å². The van der Waals surface area contributed by atoms with Crippen LogP contribution in [0.5, 0.6) is 0 Å². The van der Waals surface area contributed by atoms with E-state index in [1.807, 2.05) is 7.11 Å². The minimum Gasteiger partial charge on any atom is -0.384 e. The summed E-state index contributed by atoms with van der Waals surface area (Å²) >= 11 is 0. The molecule has 4 nitrogen and oxygen atoms in total. The summed E-state index contributed by atoms with van der Waals surface area (Å²) in [6, 6.07) is 0.710. The van der Waals surface area contributed by atoms with Gasteiger partial charge in [-0.3, -0.25) is 0 Å². The summed E-state index contributed by atoms with van der Waals surface area (Å²) in [5.74, 6) is 0.774. The van der Waals surface area contributed by atoms with E-state index in [2.05, 4.69) is 36.1 Å². The molecule has 0 radical (unpaired) electrons. The highest BCUT2D eigenvalue weighted by Crippen LogP contribution is 2.32. The van der Waals surface area contributed by atoms with E-state index in [9.17, 15) is 0 Å². The van der Waals surface area contributed by atoms with Gasteiger partial charge in [0.25, 0.3) is 0 Å². The summed E-state index contributed by atoms with van der Waals surface area (Å²) < 4.78 is 5.53. The van der Waals surface area contributed by atoms with Gasteiger partial charge in [0.05, 0.1) is 6.61 Å². The molecule has 0 aliphatic carbocycles. The fourth-order valence-corrected chi connectivity index (χ4v) is 3.94. The second kappa shape index (κ2) is 6.53. The average molecular weight is 269 g/mol. The summed E-state index contributed by atoms with van der Waals surface area (Å²) in [5, 5.41) is 3.48. The fraction of sp³-hybridized carbons (Fsp3) is 1.00. The lowest BCUT2D eigenvalue weighted by atomic mass is 9.79. The predicted molar refractivity (Wildman–Crippen MR) is 79.5 cm³/mol.